The maximum atomic E-state index is 12.6. The van der Waals surface area contributed by atoms with Crippen molar-refractivity contribution in [3.63, 3.8) is 0 Å². The predicted molar refractivity (Wildman–Crippen MR) is 95.0 cm³/mol. The van der Waals surface area contributed by atoms with Crippen LogP contribution in [0.3, 0.4) is 0 Å². The number of amides is 3. The molecule has 0 bridgehead atoms. The lowest BCUT2D eigenvalue weighted by atomic mass is 10.00. The van der Waals surface area contributed by atoms with Crippen LogP contribution in [-0.2, 0) is 19.2 Å². The quantitative estimate of drug-likeness (QED) is 0.445. The fourth-order valence-electron chi connectivity index (χ4n) is 3.00. The summed E-state index contributed by atoms with van der Waals surface area (Å²) in [6.45, 7) is 7.18. The number of carboxylic acid groups (broad SMARTS) is 1. The van der Waals surface area contributed by atoms with Gasteiger partial charge in [-0.05, 0) is 24.7 Å². The van der Waals surface area contributed by atoms with Gasteiger partial charge in [0.2, 0.25) is 17.7 Å². The molecule has 1 saturated heterocycles. The van der Waals surface area contributed by atoms with Crippen molar-refractivity contribution in [2.24, 2.45) is 17.6 Å². The Kier molecular flexibility index (Phi) is 8.01. The smallest absolute Gasteiger partial charge is 0.326 e. The molecule has 148 valence electrons. The Hall–Kier alpha value is -2.16. The zero-order valence-electron chi connectivity index (χ0n) is 15.8. The first-order valence-corrected chi connectivity index (χ1v) is 8.93. The summed E-state index contributed by atoms with van der Waals surface area (Å²) in [5.74, 6) is -2.96. The molecule has 0 aromatic carbocycles. The zero-order valence-corrected chi connectivity index (χ0v) is 15.8. The minimum absolute atomic E-state index is 0.174. The van der Waals surface area contributed by atoms with Crippen LogP contribution in [0.1, 0.15) is 40.5 Å². The number of nitrogens with zero attached hydrogens (tertiary/aromatic N) is 1. The second-order valence-electron chi connectivity index (χ2n) is 7.25. The Morgan fingerprint density at radius 2 is 1.65 bits per heavy atom. The van der Waals surface area contributed by atoms with Crippen LogP contribution in [0, 0.1) is 11.8 Å². The number of carbonyl (C=O) groups is 4. The second-order valence-corrected chi connectivity index (χ2v) is 7.25. The number of nitrogens with one attached hydrogen (secondary N) is 2. The third kappa shape index (κ3) is 5.42. The van der Waals surface area contributed by atoms with Gasteiger partial charge in [0.25, 0.3) is 0 Å². The van der Waals surface area contributed by atoms with E-state index in [0.29, 0.717) is 19.4 Å². The molecule has 9 heteroatoms. The summed E-state index contributed by atoms with van der Waals surface area (Å²) in [4.78, 5) is 49.7. The standard InChI is InChI=1S/C17H30N4O5/c1-9(2)13(16(24)20-14(10(3)4)17(25)26)19-15(23)11-6-5-7-21(11)12(22)8-18/h9-11,13-14H,5-8,18H2,1-4H3,(H,19,23)(H,20,24)(H,25,26). The van der Waals surface area contributed by atoms with Crippen molar-refractivity contribution < 1.29 is 24.3 Å². The van der Waals surface area contributed by atoms with Crippen molar-refractivity contribution in [2.45, 2.75) is 58.7 Å². The summed E-state index contributed by atoms with van der Waals surface area (Å²) in [7, 11) is 0. The molecular weight excluding hydrogens is 340 g/mol. The topological polar surface area (TPSA) is 142 Å². The van der Waals surface area contributed by atoms with Gasteiger partial charge in [0.05, 0.1) is 6.54 Å². The van der Waals surface area contributed by atoms with Crippen LogP contribution in [0.25, 0.3) is 0 Å². The molecule has 0 saturated carbocycles. The molecule has 0 radical (unpaired) electrons. The third-order valence-electron chi connectivity index (χ3n) is 4.53. The highest BCUT2D eigenvalue weighted by Crippen LogP contribution is 2.18. The number of aliphatic carboxylic acids is 1. The van der Waals surface area contributed by atoms with E-state index in [1.165, 1.54) is 4.90 Å². The number of nitrogens with two attached hydrogens (primary N) is 1. The Balaban J connectivity index is 2.84. The van der Waals surface area contributed by atoms with Crippen LogP contribution in [-0.4, -0.2) is 64.9 Å². The van der Waals surface area contributed by atoms with Crippen LogP contribution in [0.2, 0.25) is 0 Å². The summed E-state index contributed by atoms with van der Waals surface area (Å²) < 4.78 is 0. The van der Waals surface area contributed by atoms with Gasteiger partial charge in [-0.2, -0.15) is 0 Å². The SMILES string of the molecule is CC(C)C(NC(=O)C(NC(=O)C1CCCN1C(=O)CN)C(C)C)C(=O)O. The van der Waals surface area contributed by atoms with Crippen molar-refractivity contribution in [1.82, 2.24) is 15.5 Å². The van der Waals surface area contributed by atoms with E-state index in [1.807, 2.05) is 0 Å². The highest BCUT2D eigenvalue weighted by molar-refractivity contribution is 5.94. The molecule has 3 atom stereocenters. The average molecular weight is 370 g/mol. The molecule has 1 rings (SSSR count). The number of carbonyl (C=O) groups excluding carboxylic acids is 3. The molecule has 5 N–H and O–H groups in total. The van der Waals surface area contributed by atoms with Crippen molar-refractivity contribution >= 4 is 23.7 Å². The molecule has 0 aromatic heterocycles. The first kappa shape index (κ1) is 21.9. The fraction of sp³-hybridized carbons (Fsp3) is 0.765. The summed E-state index contributed by atoms with van der Waals surface area (Å²) >= 11 is 0. The van der Waals surface area contributed by atoms with Crippen molar-refractivity contribution in [1.29, 1.82) is 0 Å². The van der Waals surface area contributed by atoms with Gasteiger partial charge in [-0.15, -0.1) is 0 Å². The van der Waals surface area contributed by atoms with Gasteiger partial charge in [-0.1, -0.05) is 27.7 Å². The lowest BCUT2D eigenvalue weighted by molar-refractivity contribution is -0.144. The lowest BCUT2D eigenvalue weighted by Crippen LogP contribution is -2.58. The Morgan fingerprint density at radius 3 is 2.12 bits per heavy atom. The molecule has 3 unspecified atom stereocenters. The van der Waals surface area contributed by atoms with E-state index >= 15 is 0 Å². The molecule has 26 heavy (non-hydrogen) atoms. The molecule has 3 amide bonds. The van der Waals surface area contributed by atoms with Gasteiger partial charge >= 0.3 is 5.97 Å². The minimum Gasteiger partial charge on any atom is -0.480 e. The molecule has 1 fully saturated rings. The van der Waals surface area contributed by atoms with E-state index in [-0.39, 0.29) is 24.3 Å². The van der Waals surface area contributed by atoms with E-state index in [1.54, 1.807) is 27.7 Å². The number of likely N-dealkylation sites (tertiary alicyclic amines) is 1. The molecular formula is C17H30N4O5. The molecule has 1 aliphatic heterocycles. The lowest BCUT2D eigenvalue weighted by Gasteiger charge is -2.28. The number of rotatable bonds is 8. The summed E-state index contributed by atoms with van der Waals surface area (Å²) in [6, 6.07) is -2.58. The highest BCUT2D eigenvalue weighted by atomic mass is 16.4. The average Bonchev–Trinajstić information content (AvgIpc) is 3.05. The Labute approximate surface area is 153 Å². The maximum Gasteiger partial charge on any atom is 0.326 e. The van der Waals surface area contributed by atoms with Gasteiger partial charge < -0.3 is 26.4 Å². The van der Waals surface area contributed by atoms with E-state index in [9.17, 15) is 24.3 Å². The van der Waals surface area contributed by atoms with Crippen LogP contribution in [0.5, 0.6) is 0 Å². The van der Waals surface area contributed by atoms with Crippen LogP contribution in [0.4, 0.5) is 0 Å². The Bertz CT molecular complexity index is 549. The van der Waals surface area contributed by atoms with Crippen molar-refractivity contribution in [3.05, 3.63) is 0 Å². The van der Waals surface area contributed by atoms with Crippen LogP contribution in [0.15, 0.2) is 0 Å². The van der Waals surface area contributed by atoms with Gasteiger partial charge in [0.15, 0.2) is 0 Å². The van der Waals surface area contributed by atoms with E-state index in [0.717, 1.165) is 0 Å². The number of hydrogen-bond acceptors (Lipinski definition) is 5. The molecule has 9 nitrogen and oxygen atoms in total. The molecule has 0 spiro atoms. The van der Waals surface area contributed by atoms with E-state index < -0.39 is 35.9 Å². The van der Waals surface area contributed by atoms with Crippen molar-refractivity contribution in [2.75, 3.05) is 13.1 Å². The minimum atomic E-state index is -1.13. The first-order valence-electron chi connectivity index (χ1n) is 8.93. The number of carboxylic acids is 1. The van der Waals surface area contributed by atoms with Gasteiger partial charge in [0, 0.05) is 6.54 Å². The highest BCUT2D eigenvalue weighted by Gasteiger charge is 2.36. The summed E-state index contributed by atoms with van der Waals surface area (Å²) in [6.07, 6.45) is 1.20. The van der Waals surface area contributed by atoms with E-state index in [4.69, 9.17) is 5.73 Å². The molecule has 1 aliphatic rings. The third-order valence-corrected chi connectivity index (χ3v) is 4.53. The first-order chi connectivity index (χ1) is 12.1. The fourth-order valence-corrected chi connectivity index (χ4v) is 3.00. The second kappa shape index (κ2) is 9.51. The van der Waals surface area contributed by atoms with E-state index in [2.05, 4.69) is 10.6 Å². The summed E-state index contributed by atoms with van der Waals surface area (Å²) in [5, 5.41) is 14.4. The normalized spacial score (nSPS) is 19.3. The predicted octanol–water partition coefficient (Wildman–Crippen LogP) is -0.698. The van der Waals surface area contributed by atoms with Gasteiger partial charge in [0.1, 0.15) is 18.1 Å². The van der Waals surface area contributed by atoms with Crippen molar-refractivity contribution in [3.8, 4) is 0 Å². The molecule has 1 heterocycles. The van der Waals surface area contributed by atoms with Gasteiger partial charge in [-0.25, -0.2) is 4.79 Å². The van der Waals surface area contributed by atoms with Gasteiger partial charge in [-0.3, -0.25) is 14.4 Å². The number of hydrogen-bond donors (Lipinski definition) is 4. The van der Waals surface area contributed by atoms with Crippen LogP contribution >= 0.6 is 0 Å². The zero-order chi connectivity index (χ0) is 20.0. The molecule has 0 aromatic rings. The maximum absolute atomic E-state index is 12.6. The van der Waals surface area contributed by atoms with Crippen LogP contribution < -0.4 is 16.4 Å². The monoisotopic (exact) mass is 370 g/mol. The molecule has 0 aliphatic carbocycles. The summed E-state index contributed by atoms with van der Waals surface area (Å²) in [5.41, 5.74) is 5.38. The largest absolute Gasteiger partial charge is 0.480 e. The Morgan fingerprint density at radius 1 is 1.08 bits per heavy atom.